The molecule has 2 N–H and O–H groups in total. The van der Waals surface area contributed by atoms with Crippen molar-refractivity contribution < 1.29 is 19.4 Å². The van der Waals surface area contributed by atoms with E-state index < -0.39 is 5.97 Å². The molecular formula is C19H14BrN3O4. The first-order valence-electron chi connectivity index (χ1n) is 7.80. The number of carbonyl (C=O) groups excluding carboxylic acids is 1. The number of carbonyl (C=O) groups is 2. The number of ketones is 1. The highest BCUT2D eigenvalue weighted by Crippen LogP contribution is 2.28. The lowest BCUT2D eigenvalue weighted by molar-refractivity contribution is 0.0696. The number of benzene rings is 2. The van der Waals surface area contributed by atoms with E-state index in [1.807, 2.05) is 6.07 Å². The van der Waals surface area contributed by atoms with Crippen molar-refractivity contribution in [2.24, 2.45) is 0 Å². The minimum absolute atomic E-state index is 0.0917. The number of anilines is 2. The predicted octanol–water partition coefficient (Wildman–Crippen LogP) is 3.92. The number of hydrogen-bond donors (Lipinski definition) is 2. The third-order valence-electron chi connectivity index (χ3n) is 3.69. The second-order valence-corrected chi connectivity index (χ2v) is 6.28. The van der Waals surface area contributed by atoms with Gasteiger partial charge in [-0.25, -0.2) is 14.8 Å². The average molecular weight is 428 g/mol. The molecule has 8 heteroatoms. The lowest BCUT2D eigenvalue weighted by Crippen LogP contribution is -2.09. The van der Waals surface area contributed by atoms with Crippen LogP contribution in [-0.4, -0.2) is 33.9 Å². The normalized spacial score (nSPS) is 10.3. The molecule has 0 aliphatic rings. The Balaban J connectivity index is 1.93. The van der Waals surface area contributed by atoms with Gasteiger partial charge in [-0.15, -0.1) is 0 Å². The maximum atomic E-state index is 12.7. The standard InChI is InChI=1S/C19H14BrN3O4/c1-27-15-9-12(18(25)26)7-8-14(15)22-19-21-10-13(20)16(23-19)17(24)11-5-3-2-4-6-11/h2-10H,1H3,(H,25,26)(H,21,22,23). The van der Waals surface area contributed by atoms with Gasteiger partial charge in [0.15, 0.2) is 0 Å². The van der Waals surface area contributed by atoms with Crippen LogP contribution in [0.5, 0.6) is 5.75 Å². The number of carboxylic acids is 1. The number of aromatic nitrogens is 2. The van der Waals surface area contributed by atoms with Gasteiger partial charge in [0.1, 0.15) is 11.4 Å². The summed E-state index contributed by atoms with van der Waals surface area (Å²) in [6, 6.07) is 13.2. The molecule has 0 aliphatic carbocycles. The highest BCUT2D eigenvalue weighted by molar-refractivity contribution is 9.10. The molecule has 0 atom stereocenters. The van der Waals surface area contributed by atoms with E-state index in [0.717, 1.165) is 0 Å². The van der Waals surface area contributed by atoms with Crippen LogP contribution in [0.1, 0.15) is 26.4 Å². The molecule has 2 aromatic carbocycles. The average Bonchev–Trinajstić information content (AvgIpc) is 2.69. The van der Waals surface area contributed by atoms with E-state index in [1.165, 1.54) is 25.4 Å². The smallest absolute Gasteiger partial charge is 0.335 e. The van der Waals surface area contributed by atoms with Crippen molar-refractivity contribution in [2.45, 2.75) is 0 Å². The molecule has 0 bridgehead atoms. The van der Waals surface area contributed by atoms with Crippen molar-refractivity contribution in [3.63, 3.8) is 0 Å². The number of methoxy groups -OCH3 is 1. The second kappa shape index (κ2) is 7.96. The SMILES string of the molecule is COc1cc(C(=O)O)ccc1Nc1ncc(Br)c(C(=O)c2ccccc2)n1. The number of carboxylic acid groups (broad SMARTS) is 1. The van der Waals surface area contributed by atoms with Crippen LogP contribution < -0.4 is 10.1 Å². The quantitative estimate of drug-likeness (QED) is 0.574. The monoisotopic (exact) mass is 427 g/mol. The fraction of sp³-hybridized carbons (Fsp3) is 0.0526. The van der Waals surface area contributed by atoms with Gasteiger partial charge in [0.05, 0.1) is 22.8 Å². The maximum absolute atomic E-state index is 12.7. The predicted molar refractivity (Wildman–Crippen MR) is 103 cm³/mol. The third kappa shape index (κ3) is 4.12. The Morgan fingerprint density at radius 3 is 2.52 bits per heavy atom. The van der Waals surface area contributed by atoms with Crippen molar-refractivity contribution in [1.82, 2.24) is 9.97 Å². The van der Waals surface area contributed by atoms with Gasteiger partial charge >= 0.3 is 5.97 Å². The van der Waals surface area contributed by atoms with Crippen LogP contribution in [0, 0.1) is 0 Å². The van der Waals surface area contributed by atoms with Crippen LogP contribution in [0.15, 0.2) is 59.2 Å². The molecule has 136 valence electrons. The Morgan fingerprint density at radius 2 is 1.85 bits per heavy atom. The molecule has 0 aliphatic heterocycles. The summed E-state index contributed by atoms with van der Waals surface area (Å²) in [5.41, 5.74) is 1.28. The highest BCUT2D eigenvalue weighted by atomic mass is 79.9. The Labute approximate surface area is 163 Å². The maximum Gasteiger partial charge on any atom is 0.335 e. The summed E-state index contributed by atoms with van der Waals surface area (Å²) >= 11 is 3.30. The topological polar surface area (TPSA) is 101 Å². The van der Waals surface area contributed by atoms with Crippen molar-refractivity contribution >= 4 is 39.3 Å². The van der Waals surface area contributed by atoms with Crippen molar-refractivity contribution in [3.8, 4) is 5.75 Å². The van der Waals surface area contributed by atoms with E-state index >= 15 is 0 Å². The lowest BCUT2D eigenvalue weighted by atomic mass is 10.1. The first-order valence-corrected chi connectivity index (χ1v) is 8.59. The van der Waals surface area contributed by atoms with E-state index in [1.54, 1.807) is 30.3 Å². The fourth-order valence-electron chi connectivity index (χ4n) is 2.36. The highest BCUT2D eigenvalue weighted by Gasteiger charge is 2.17. The Bertz CT molecular complexity index is 1010. The summed E-state index contributed by atoms with van der Waals surface area (Å²) in [5, 5.41) is 12.0. The molecule has 1 heterocycles. The van der Waals surface area contributed by atoms with Crippen LogP contribution in [0.25, 0.3) is 0 Å². The number of nitrogens with zero attached hydrogens (tertiary/aromatic N) is 2. The Morgan fingerprint density at radius 1 is 1.11 bits per heavy atom. The van der Waals surface area contributed by atoms with Crippen LogP contribution in [-0.2, 0) is 0 Å². The Kier molecular flexibility index (Phi) is 5.46. The number of aromatic carboxylic acids is 1. The fourth-order valence-corrected chi connectivity index (χ4v) is 2.73. The summed E-state index contributed by atoms with van der Waals surface area (Å²) in [6.07, 6.45) is 1.48. The van der Waals surface area contributed by atoms with Gasteiger partial charge in [-0.1, -0.05) is 30.3 Å². The van der Waals surface area contributed by atoms with Gasteiger partial charge in [-0.05, 0) is 34.1 Å². The molecule has 3 aromatic rings. The zero-order chi connectivity index (χ0) is 19.4. The van der Waals surface area contributed by atoms with Crippen molar-refractivity contribution in [1.29, 1.82) is 0 Å². The molecule has 0 unspecified atom stereocenters. The van der Waals surface area contributed by atoms with E-state index in [9.17, 15) is 9.59 Å². The van der Waals surface area contributed by atoms with Gasteiger partial charge in [0, 0.05) is 11.8 Å². The first-order chi connectivity index (χ1) is 13.0. The molecule has 0 fully saturated rings. The molecule has 27 heavy (non-hydrogen) atoms. The summed E-state index contributed by atoms with van der Waals surface area (Å²) in [6.45, 7) is 0. The summed E-state index contributed by atoms with van der Waals surface area (Å²) < 4.78 is 5.69. The molecule has 3 rings (SSSR count). The van der Waals surface area contributed by atoms with Crippen LogP contribution in [0.4, 0.5) is 11.6 Å². The van der Waals surface area contributed by atoms with E-state index in [2.05, 4.69) is 31.2 Å². The molecule has 7 nitrogen and oxygen atoms in total. The van der Waals surface area contributed by atoms with Gasteiger partial charge in [0.25, 0.3) is 0 Å². The molecule has 0 radical (unpaired) electrons. The number of ether oxygens (including phenoxy) is 1. The van der Waals surface area contributed by atoms with Crippen molar-refractivity contribution in [2.75, 3.05) is 12.4 Å². The van der Waals surface area contributed by atoms with Gasteiger partial charge in [-0.2, -0.15) is 0 Å². The molecule has 0 spiro atoms. The largest absolute Gasteiger partial charge is 0.495 e. The molecular weight excluding hydrogens is 414 g/mol. The molecule has 1 aromatic heterocycles. The minimum Gasteiger partial charge on any atom is -0.495 e. The second-order valence-electron chi connectivity index (χ2n) is 5.43. The minimum atomic E-state index is -1.06. The van der Waals surface area contributed by atoms with E-state index in [0.29, 0.717) is 21.5 Å². The molecule has 0 amide bonds. The number of hydrogen-bond acceptors (Lipinski definition) is 6. The third-order valence-corrected chi connectivity index (χ3v) is 4.27. The van der Waals surface area contributed by atoms with E-state index in [4.69, 9.17) is 9.84 Å². The first kappa shape index (κ1) is 18.5. The van der Waals surface area contributed by atoms with Gasteiger partial charge in [0.2, 0.25) is 11.7 Å². The van der Waals surface area contributed by atoms with Crippen LogP contribution in [0.2, 0.25) is 0 Å². The molecule has 0 saturated carbocycles. The zero-order valence-electron chi connectivity index (χ0n) is 14.1. The number of halogens is 1. The summed E-state index contributed by atoms with van der Waals surface area (Å²) in [5.74, 6) is -0.812. The van der Waals surface area contributed by atoms with Crippen molar-refractivity contribution in [3.05, 3.63) is 76.0 Å². The van der Waals surface area contributed by atoms with Crippen LogP contribution >= 0.6 is 15.9 Å². The summed E-state index contributed by atoms with van der Waals surface area (Å²) in [4.78, 5) is 32.2. The zero-order valence-corrected chi connectivity index (χ0v) is 15.7. The summed E-state index contributed by atoms with van der Waals surface area (Å²) in [7, 11) is 1.43. The number of nitrogens with one attached hydrogen (secondary N) is 1. The Hall–Kier alpha value is -3.26. The van der Waals surface area contributed by atoms with Gasteiger partial charge in [-0.3, -0.25) is 4.79 Å². The van der Waals surface area contributed by atoms with Gasteiger partial charge < -0.3 is 15.2 Å². The van der Waals surface area contributed by atoms with E-state index in [-0.39, 0.29) is 23.0 Å². The van der Waals surface area contributed by atoms with Crippen LogP contribution in [0.3, 0.4) is 0 Å². The lowest BCUT2D eigenvalue weighted by Gasteiger charge is -2.12. The molecule has 0 saturated heterocycles. The number of rotatable bonds is 6.